The summed E-state index contributed by atoms with van der Waals surface area (Å²) in [6.45, 7) is 13.7. The molecule has 1 aliphatic heterocycles. The van der Waals surface area contributed by atoms with Gasteiger partial charge in [-0.05, 0) is 63.6 Å². The number of hydrogen-bond acceptors (Lipinski definition) is 4. The van der Waals surface area contributed by atoms with Crippen molar-refractivity contribution in [3.63, 3.8) is 0 Å². The van der Waals surface area contributed by atoms with Crippen molar-refractivity contribution in [2.75, 3.05) is 36.4 Å². The highest BCUT2D eigenvalue weighted by atomic mass is 16.4. The molecule has 0 bridgehead atoms. The summed E-state index contributed by atoms with van der Waals surface area (Å²) in [6.07, 6.45) is 0.309. The average Bonchev–Trinajstić information content (AvgIpc) is 2.93. The highest BCUT2D eigenvalue weighted by molar-refractivity contribution is 6.08. The molecular weight excluding hydrogens is 478 g/mol. The molecule has 2 N–H and O–H groups in total. The largest absolute Gasteiger partial charge is 0.478 e. The first kappa shape index (κ1) is 26.9. The van der Waals surface area contributed by atoms with Gasteiger partial charge in [0.25, 0.3) is 0 Å². The lowest BCUT2D eigenvalue weighted by Gasteiger charge is -2.22. The van der Waals surface area contributed by atoms with Gasteiger partial charge < -0.3 is 19.7 Å². The van der Waals surface area contributed by atoms with Crippen LogP contribution in [-0.2, 0) is 4.79 Å². The van der Waals surface area contributed by atoms with Gasteiger partial charge in [0.15, 0.2) is 0 Å². The fraction of sp³-hybridized carbons (Fsp3) is 0.323. The van der Waals surface area contributed by atoms with Crippen molar-refractivity contribution in [2.24, 2.45) is 0 Å². The second-order valence-electron chi connectivity index (χ2n) is 9.15. The van der Waals surface area contributed by atoms with Crippen LogP contribution in [0.2, 0.25) is 0 Å². The Bertz CT molecular complexity index is 1530. The lowest BCUT2D eigenvalue weighted by molar-refractivity contribution is -0.115. The number of benzene rings is 3. The lowest BCUT2D eigenvalue weighted by Crippen LogP contribution is -2.29. The van der Waals surface area contributed by atoms with Gasteiger partial charge in [0.2, 0.25) is 11.3 Å². The van der Waals surface area contributed by atoms with Gasteiger partial charge in [0, 0.05) is 59.5 Å². The summed E-state index contributed by atoms with van der Waals surface area (Å²) < 4.78 is 8.75. The minimum absolute atomic E-state index is 0.119. The molecule has 0 radical (unpaired) electrons. The van der Waals surface area contributed by atoms with Crippen LogP contribution in [0, 0.1) is 0 Å². The Labute approximate surface area is 223 Å². The van der Waals surface area contributed by atoms with Gasteiger partial charge in [0.1, 0.15) is 24.4 Å². The Morgan fingerprint density at radius 2 is 1.61 bits per heavy atom. The Balaban J connectivity index is 2.08. The molecule has 0 atom stereocenters. The molecule has 2 aromatic carbocycles. The van der Waals surface area contributed by atoms with Crippen molar-refractivity contribution < 1.29 is 19.1 Å². The zero-order chi connectivity index (χ0) is 27.4. The van der Waals surface area contributed by atoms with Crippen LogP contribution in [-0.4, -0.2) is 43.2 Å². The van der Waals surface area contributed by atoms with Crippen molar-refractivity contribution in [2.45, 2.75) is 41.0 Å². The zero-order valence-corrected chi connectivity index (χ0v) is 22.8. The number of aromatic carboxylic acids is 1. The van der Waals surface area contributed by atoms with Crippen LogP contribution in [0.5, 0.6) is 0 Å². The molecule has 0 unspecified atom stereocenters. The number of rotatable bonds is 9. The minimum atomic E-state index is -1.06. The summed E-state index contributed by atoms with van der Waals surface area (Å²) in [6, 6.07) is 17.3. The number of carbonyl (C=O) groups excluding carboxylic acids is 1. The van der Waals surface area contributed by atoms with E-state index in [0.717, 1.165) is 53.7 Å². The van der Waals surface area contributed by atoms with Crippen LogP contribution in [0.15, 0.2) is 59.0 Å². The van der Waals surface area contributed by atoms with E-state index in [-0.39, 0.29) is 11.5 Å². The molecule has 2 aromatic rings. The molecule has 0 saturated carbocycles. The number of fused-ring (bicyclic) bond motifs is 2. The van der Waals surface area contributed by atoms with Gasteiger partial charge in [-0.25, -0.2) is 9.37 Å². The maximum absolute atomic E-state index is 12.5. The third-order valence-corrected chi connectivity index (χ3v) is 7.07. The van der Waals surface area contributed by atoms with Crippen LogP contribution in [0.1, 0.15) is 51.4 Å². The van der Waals surface area contributed by atoms with E-state index in [1.807, 2.05) is 24.3 Å². The second kappa shape index (κ2) is 11.5. The topological polar surface area (TPSA) is 85.8 Å². The molecular formula is C31H36N3O4+. The fourth-order valence-electron chi connectivity index (χ4n) is 4.99. The molecule has 0 saturated heterocycles. The second-order valence-corrected chi connectivity index (χ2v) is 9.15. The number of carboxylic acid groups (broad SMARTS) is 1. The molecule has 7 nitrogen and oxygen atoms in total. The van der Waals surface area contributed by atoms with E-state index in [4.69, 9.17) is 4.42 Å². The highest BCUT2D eigenvalue weighted by Gasteiger charge is 2.23. The normalized spacial score (nSPS) is 11.1. The molecule has 1 amide bonds. The van der Waals surface area contributed by atoms with Gasteiger partial charge >= 0.3 is 5.97 Å². The lowest BCUT2D eigenvalue weighted by atomic mass is 9.90. The van der Waals surface area contributed by atoms with Crippen molar-refractivity contribution in [1.29, 1.82) is 0 Å². The average molecular weight is 515 g/mol. The third kappa shape index (κ3) is 5.14. The molecule has 1 aliphatic carbocycles. The predicted octanol–water partition coefficient (Wildman–Crippen LogP) is 5.91. The molecule has 0 aromatic heterocycles. The molecule has 1 heterocycles. The fourth-order valence-corrected chi connectivity index (χ4v) is 4.99. The highest BCUT2D eigenvalue weighted by Crippen LogP contribution is 2.42. The van der Waals surface area contributed by atoms with Crippen LogP contribution in [0.4, 0.5) is 11.4 Å². The van der Waals surface area contributed by atoms with Crippen molar-refractivity contribution in [1.82, 2.24) is 4.58 Å². The Morgan fingerprint density at radius 1 is 0.895 bits per heavy atom. The molecule has 198 valence electrons. The third-order valence-electron chi connectivity index (χ3n) is 7.07. The molecule has 0 fully saturated rings. The van der Waals surface area contributed by atoms with Crippen LogP contribution in [0.25, 0.3) is 33.4 Å². The first-order valence-electron chi connectivity index (χ1n) is 13.4. The number of anilines is 2. The number of carbonyl (C=O) groups is 2. The van der Waals surface area contributed by atoms with Gasteiger partial charge in [-0.3, -0.25) is 4.79 Å². The van der Waals surface area contributed by atoms with Crippen LogP contribution < -0.4 is 20.1 Å². The van der Waals surface area contributed by atoms with Gasteiger partial charge in [-0.15, -0.1) is 0 Å². The monoisotopic (exact) mass is 514 g/mol. The number of nitrogens with one attached hydrogen (secondary N) is 1. The molecule has 2 aliphatic rings. The predicted molar refractivity (Wildman–Crippen MR) is 154 cm³/mol. The standard InChI is InChI=1S/C31H35N3O4/c1-6-29(35)32-20-11-14-23(26(17-20)31(36)37)30-24-15-12-21(33(7-2)8-3)18-27(24)38-28-19-22(13-16-25(28)30)34(9-4)10-5/h11-19H,6-10H2,1-5H3,(H,36,37)/p+1. The summed E-state index contributed by atoms with van der Waals surface area (Å²) in [4.78, 5) is 26.7. The Morgan fingerprint density at radius 3 is 2.24 bits per heavy atom. The maximum atomic E-state index is 12.5. The molecule has 0 spiro atoms. The zero-order valence-electron chi connectivity index (χ0n) is 22.8. The van der Waals surface area contributed by atoms with E-state index >= 15 is 0 Å². The number of amides is 1. The summed E-state index contributed by atoms with van der Waals surface area (Å²) in [5.74, 6) is -0.543. The van der Waals surface area contributed by atoms with Gasteiger partial charge in [-0.1, -0.05) is 13.0 Å². The summed E-state index contributed by atoms with van der Waals surface area (Å²) >= 11 is 0. The molecule has 38 heavy (non-hydrogen) atoms. The molecule has 4 rings (SSSR count). The van der Waals surface area contributed by atoms with E-state index in [1.165, 1.54) is 6.07 Å². The maximum Gasteiger partial charge on any atom is 0.336 e. The van der Waals surface area contributed by atoms with E-state index < -0.39 is 5.97 Å². The number of hydrogen-bond donors (Lipinski definition) is 2. The summed E-state index contributed by atoms with van der Waals surface area (Å²) in [7, 11) is 0. The van der Waals surface area contributed by atoms with E-state index in [1.54, 1.807) is 19.1 Å². The first-order valence-corrected chi connectivity index (χ1v) is 13.4. The van der Waals surface area contributed by atoms with Crippen LogP contribution >= 0.6 is 0 Å². The van der Waals surface area contributed by atoms with E-state index in [9.17, 15) is 14.7 Å². The van der Waals surface area contributed by atoms with Crippen LogP contribution in [0.3, 0.4) is 0 Å². The number of carboxylic acids is 1. The van der Waals surface area contributed by atoms with Gasteiger partial charge in [0.05, 0.1) is 11.6 Å². The number of nitrogens with zero attached hydrogens (tertiary/aromatic N) is 2. The first-order chi connectivity index (χ1) is 18.3. The Kier molecular flexibility index (Phi) is 8.15. The Hall–Kier alpha value is -4.13. The summed E-state index contributed by atoms with van der Waals surface area (Å²) in [5, 5.41) is 14.9. The quantitative estimate of drug-likeness (QED) is 0.214. The smallest absolute Gasteiger partial charge is 0.336 e. The van der Waals surface area contributed by atoms with Crippen molar-refractivity contribution >= 4 is 34.2 Å². The van der Waals surface area contributed by atoms with Crippen molar-refractivity contribution in [3.8, 4) is 22.5 Å². The summed E-state index contributed by atoms with van der Waals surface area (Å²) in [5.41, 5.74) is 4.51. The van der Waals surface area contributed by atoms with Crippen molar-refractivity contribution in [3.05, 3.63) is 65.5 Å². The SMILES string of the molecule is CCC(=O)Nc1ccc(-c2c3ccc(=[N+](CC)CC)cc-3oc3cc(N(CC)CC)ccc23)c(C(=O)O)c1. The van der Waals surface area contributed by atoms with E-state index in [0.29, 0.717) is 29.0 Å². The van der Waals surface area contributed by atoms with Gasteiger partial charge in [-0.2, -0.15) is 0 Å². The molecule has 7 heteroatoms. The van der Waals surface area contributed by atoms with E-state index in [2.05, 4.69) is 54.6 Å². The minimum Gasteiger partial charge on any atom is -0.478 e.